The van der Waals surface area contributed by atoms with Crippen molar-refractivity contribution in [2.45, 2.75) is 18.0 Å². The Labute approximate surface area is 200 Å². The van der Waals surface area contributed by atoms with E-state index in [1.807, 2.05) is 0 Å². The van der Waals surface area contributed by atoms with Crippen LogP contribution in [0.25, 0.3) is 5.69 Å². The minimum Gasteiger partial charge on any atom is -0.495 e. The highest BCUT2D eigenvalue weighted by atomic mass is 35.5. The molecule has 0 saturated carbocycles. The second kappa shape index (κ2) is 9.01. The molecule has 1 amide bonds. The van der Waals surface area contributed by atoms with Crippen molar-refractivity contribution in [1.82, 2.24) is 19.7 Å². The zero-order chi connectivity index (χ0) is 24.7. The average molecular weight is 544 g/mol. The second-order valence-electron chi connectivity index (χ2n) is 6.50. The molecule has 2 aromatic carbocycles. The quantitative estimate of drug-likeness (QED) is 0.501. The maximum absolute atomic E-state index is 13.9. The Hall–Kier alpha value is -2.54. The van der Waals surface area contributed by atoms with Crippen molar-refractivity contribution in [3.63, 3.8) is 0 Å². The number of hydrogen-bond donors (Lipinski definition) is 1. The van der Waals surface area contributed by atoms with Crippen molar-refractivity contribution in [2.24, 2.45) is 0 Å². The van der Waals surface area contributed by atoms with Gasteiger partial charge in [-0.3, -0.25) is 4.79 Å². The molecule has 0 aliphatic rings. The third-order valence-corrected chi connectivity index (χ3v) is 6.33. The van der Waals surface area contributed by atoms with Gasteiger partial charge in [-0.15, -0.1) is 5.10 Å². The van der Waals surface area contributed by atoms with E-state index in [2.05, 4.69) is 10.3 Å². The van der Waals surface area contributed by atoms with Gasteiger partial charge in [-0.25, -0.2) is 17.8 Å². The fraction of sp³-hybridized carbons (Fsp3) is 0.167. The molecule has 0 saturated heterocycles. The molecule has 15 heteroatoms. The number of halogens is 6. The summed E-state index contributed by atoms with van der Waals surface area (Å²) >= 11 is 17.7. The van der Waals surface area contributed by atoms with Gasteiger partial charge in [-0.05, 0) is 36.8 Å². The summed E-state index contributed by atoms with van der Waals surface area (Å²) in [5.41, 5.74) is -2.97. The minimum absolute atomic E-state index is 0.0404. The molecule has 0 unspecified atom stereocenters. The van der Waals surface area contributed by atoms with E-state index in [0.29, 0.717) is 5.56 Å². The third kappa shape index (κ3) is 5.03. The van der Waals surface area contributed by atoms with Gasteiger partial charge in [0.2, 0.25) is 0 Å². The first-order valence-electron chi connectivity index (χ1n) is 8.66. The molecule has 0 radical (unpaired) electrons. The van der Waals surface area contributed by atoms with Crippen molar-refractivity contribution in [1.29, 1.82) is 0 Å². The first kappa shape index (κ1) is 25.1. The Balaban J connectivity index is 2.12. The Bertz CT molecular complexity index is 1340. The zero-order valence-corrected chi connectivity index (χ0v) is 19.6. The highest BCUT2D eigenvalue weighted by Crippen LogP contribution is 2.38. The summed E-state index contributed by atoms with van der Waals surface area (Å²) in [5.74, 6) is -1.81. The van der Waals surface area contributed by atoms with Gasteiger partial charge >= 0.3 is 6.18 Å². The van der Waals surface area contributed by atoms with Crippen LogP contribution in [0.4, 0.5) is 13.2 Å². The first-order valence-corrected chi connectivity index (χ1v) is 11.3. The van der Waals surface area contributed by atoms with Gasteiger partial charge in [0.15, 0.2) is 11.4 Å². The number of aryl methyl sites for hydroxylation is 1. The topological polar surface area (TPSA) is 103 Å². The number of hydrogen-bond acceptors (Lipinski definition) is 6. The number of rotatable bonds is 5. The smallest absolute Gasteiger partial charge is 0.435 e. The number of nitrogens with zero attached hydrogens (tertiary/aromatic N) is 3. The van der Waals surface area contributed by atoms with Crippen LogP contribution in [0.2, 0.25) is 15.1 Å². The zero-order valence-electron chi connectivity index (χ0n) is 16.5. The Morgan fingerprint density at radius 3 is 2.27 bits per heavy atom. The number of ether oxygens (including phenoxy) is 1. The van der Waals surface area contributed by atoms with Crippen LogP contribution in [0.5, 0.6) is 5.75 Å². The van der Waals surface area contributed by atoms with E-state index >= 15 is 0 Å². The summed E-state index contributed by atoms with van der Waals surface area (Å²) in [7, 11) is -3.46. The number of benzene rings is 2. The van der Waals surface area contributed by atoms with E-state index in [4.69, 9.17) is 39.5 Å². The lowest BCUT2D eigenvalue weighted by molar-refractivity contribution is -0.143. The predicted molar refractivity (Wildman–Crippen MR) is 114 cm³/mol. The lowest BCUT2D eigenvalue weighted by Gasteiger charge is -2.14. The van der Waals surface area contributed by atoms with Crippen LogP contribution in [-0.4, -0.2) is 36.4 Å². The number of amides is 1. The molecule has 8 nitrogen and oxygen atoms in total. The number of sulfonamides is 1. The van der Waals surface area contributed by atoms with E-state index in [-0.39, 0.29) is 25.5 Å². The van der Waals surface area contributed by atoms with E-state index < -0.39 is 44.1 Å². The SMILES string of the molecule is COc1ccc(C)cc1S(=O)(=O)NC(=O)c1nnn(-c2c(Cl)cc(Cl)cc2Cl)c1C(F)(F)F. The van der Waals surface area contributed by atoms with E-state index in [1.54, 1.807) is 17.7 Å². The normalized spacial score (nSPS) is 12.0. The lowest BCUT2D eigenvalue weighted by atomic mass is 10.2. The highest BCUT2D eigenvalue weighted by Gasteiger charge is 2.43. The molecule has 0 fully saturated rings. The number of nitrogens with one attached hydrogen (secondary N) is 1. The number of aromatic nitrogens is 3. The Morgan fingerprint density at radius 1 is 1.12 bits per heavy atom. The van der Waals surface area contributed by atoms with E-state index in [0.717, 1.165) is 12.1 Å². The minimum atomic E-state index is -5.20. The summed E-state index contributed by atoms with van der Waals surface area (Å²) in [6, 6.07) is 6.28. The molecule has 176 valence electrons. The summed E-state index contributed by atoms with van der Waals surface area (Å²) in [6.07, 6.45) is -5.20. The van der Waals surface area contributed by atoms with E-state index in [9.17, 15) is 26.4 Å². The molecule has 0 spiro atoms. The average Bonchev–Trinajstić information content (AvgIpc) is 3.12. The standard InChI is InChI=1S/C18H12Cl3F3N4O4S/c1-8-3-4-12(32-2)13(5-8)33(30,31)26-17(29)14-16(18(22,23)24)28(27-25-14)15-10(20)6-9(19)7-11(15)21/h3-7H,1-2H3,(H,26,29). The molecule has 0 bridgehead atoms. The van der Waals surface area contributed by atoms with Crippen molar-refractivity contribution < 1.29 is 31.1 Å². The van der Waals surface area contributed by atoms with Gasteiger partial charge in [0.05, 0.1) is 17.2 Å². The van der Waals surface area contributed by atoms with Crippen LogP contribution in [-0.2, 0) is 16.2 Å². The van der Waals surface area contributed by atoms with Crippen molar-refractivity contribution >= 4 is 50.7 Å². The van der Waals surface area contributed by atoms with Gasteiger partial charge in [0.1, 0.15) is 16.3 Å². The highest BCUT2D eigenvalue weighted by molar-refractivity contribution is 7.90. The molecule has 0 aliphatic heterocycles. The van der Waals surface area contributed by atoms with E-state index in [1.165, 1.54) is 19.2 Å². The summed E-state index contributed by atoms with van der Waals surface area (Å²) < 4.78 is 73.9. The molecule has 0 aliphatic carbocycles. The molecule has 1 N–H and O–H groups in total. The van der Waals surface area contributed by atoms with Crippen molar-refractivity contribution in [2.75, 3.05) is 7.11 Å². The monoisotopic (exact) mass is 542 g/mol. The molecular formula is C18H12Cl3F3N4O4S. The fourth-order valence-corrected chi connectivity index (χ4v) is 4.99. The third-order valence-electron chi connectivity index (χ3n) is 4.18. The molecule has 0 atom stereocenters. The van der Waals surface area contributed by atoms with Crippen LogP contribution in [0.1, 0.15) is 21.7 Å². The van der Waals surface area contributed by atoms with Crippen molar-refractivity contribution in [3.8, 4) is 11.4 Å². The lowest BCUT2D eigenvalue weighted by Crippen LogP contribution is -2.33. The largest absolute Gasteiger partial charge is 0.495 e. The van der Waals surface area contributed by atoms with Crippen molar-refractivity contribution in [3.05, 3.63) is 62.4 Å². The van der Waals surface area contributed by atoms with Gasteiger partial charge < -0.3 is 4.74 Å². The van der Waals surface area contributed by atoms with Crippen LogP contribution in [0, 0.1) is 6.92 Å². The summed E-state index contributed by atoms with van der Waals surface area (Å²) in [5, 5.41) is 5.98. The Kier molecular flexibility index (Phi) is 6.85. The van der Waals surface area contributed by atoms with Crippen LogP contribution in [0.15, 0.2) is 35.2 Å². The first-order chi connectivity index (χ1) is 15.3. The molecule has 1 aromatic heterocycles. The van der Waals surface area contributed by atoms with Crippen LogP contribution in [0.3, 0.4) is 0 Å². The molecule has 1 heterocycles. The van der Waals surface area contributed by atoms with Gasteiger partial charge in [0.25, 0.3) is 15.9 Å². The fourth-order valence-electron chi connectivity index (χ4n) is 2.80. The molecular weight excluding hydrogens is 532 g/mol. The Morgan fingerprint density at radius 2 is 1.73 bits per heavy atom. The summed E-state index contributed by atoms with van der Waals surface area (Å²) in [6.45, 7) is 1.58. The number of carbonyl (C=O) groups is 1. The number of methoxy groups -OCH3 is 1. The maximum atomic E-state index is 13.9. The maximum Gasteiger partial charge on any atom is 0.435 e. The second-order valence-corrected chi connectivity index (χ2v) is 9.40. The number of alkyl halides is 3. The predicted octanol–water partition coefficient (Wildman–Crippen LogP) is 4.68. The van der Waals surface area contributed by atoms with Gasteiger partial charge in [0, 0.05) is 5.02 Å². The number of carbonyl (C=O) groups excluding carboxylic acids is 1. The molecule has 3 aromatic rings. The molecule has 3 rings (SSSR count). The summed E-state index contributed by atoms with van der Waals surface area (Å²) in [4.78, 5) is 12.2. The molecule has 33 heavy (non-hydrogen) atoms. The van der Waals surface area contributed by atoms with Crippen LogP contribution < -0.4 is 9.46 Å². The van der Waals surface area contributed by atoms with Crippen LogP contribution >= 0.6 is 34.8 Å². The van der Waals surface area contributed by atoms with Gasteiger partial charge in [-0.1, -0.05) is 46.1 Å². The van der Waals surface area contributed by atoms with Gasteiger partial charge in [-0.2, -0.15) is 13.2 Å².